The number of hydrogen-bond donors (Lipinski definition) is 0. The van der Waals surface area contributed by atoms with Gasteiger partial charge in [0.1, 0.15) is 5.75 Å². The number of anilines is 1. The second kappa shape index (κ2) is 7.19. The van der Waals surface area contributed by atoms with Crippen LogP contribution in [-0.2, 0) is 4.74 Å². The number of benzene rings is 1. The van der Waals surface area contributed by atoms with Crippen LogP contribution in [0.15, 0.2) is 24.3 Å². The fourth-order valence-electron chi connectivity index (χ4n) is 4.02. The van der Waals surface area contributed by atoms with Crippen LogP contribution in [0.1, 0.15) is 24.0 Å². The highest BCUT2D eigenvalue weighted by Crippen LogP contribution is 2.35. The van der Waals surface area contributed by atoms with Crippen molar-refractivity contribution in [3.8, 4) is 11.4 Å². The van der Waals surface area contributed by atoms with Gasteiger partial charge in [-0.3, -0.25) is 0 Å². The summed E-state index contributed by atoms with van der Waals surface area (Å²) in [5.41, 5.74) is 4.46. The number of morpholine rings is 1. The molecule has 0 radical (unpaired) electrons. The molecule has 1 fully saturated rings. The van der Waals surface area contributed by atoms with Crippen LogP contribution < -0.4 is 9.64 Å². The number of aromatic nitrogens is 3. The molecule has 3 aromatic rings. The van der Waals surface area contributed by atoms with E-state index in [-0.39, 0.29) is 0 Å². The monoisotopic (exact) mass is 366 g/mol. The molecule has 0 N–H and O–H groups in total. The minimum atomic E-state index is 0.671. The lowest BCUT2D eigenvalue weighted by Gasteiger charge is -2.28. The molecule has 1 saturated heterocycles. The number of fused-ring (bicyclic) bond motifs is 1. The number of rotatable bonds is 4. The summed E-state index contributed by atoms with van der Waals surface area (Å²) in [6.07, 6.45) is 0. The molecule has 0 amide bonds. The number of nitrogens with zero attached hydrogens (tertiary/aromatic N) is 4. The lowest BCUT2D eigenvalue weighted by Crippen LogP contribution is -2.37. The molecule has 1 aromatic carbocycles. The summed E-state index contributed by atoms with van der Waals surface area (Å²) >= 11 is 0. The molecule has 142 valence electrons. The zero-order chi connectivity index (χ0) is 19.0. The molecule has 3 heterocycles. The van der Waals surface area contributed by atoms with Gasteiger partial charge in [-0.1, -0.05) is 0 Å². The van der Waals surface area contributed by atoms with E-state index in [4.69, 9.17) is 9.47 Å². The molecular formula is C21H26N4O2. The van der Waals surface area contributed by atoms with E-state index in [0.717, 1.165) is 49.3 Å². The fourth-order valence-corrected chi connectivity index (χ4v) is 4.02. The molecule has 0 aliphatic carbocycles. The van der Waals surface area contributed by atoms with Crippen LogP contribution in [0.25, 0.3) is 16.5 Å². The van der Waals surface area contributed by atoms with E-state index in [1.165, 1.54) is 22.2 Å². The van der Waals surface area contributed by atoms with E-state index in [9.17, 15) is 0 Å². The van der Waals surface area contributed by atoms with Crippen molar-refractivity contribution in [3.05, 3.63) is 41.3 Å². The van der Waals surface area contributed by atoms with Crippen molar-refractivity contribution in [1.82, 2.24) is 14.8 Å². The molecule has 0 saturated carbocycles. The molecule has 6 nitrogen and oxygen atoms in total. The molecule has 0 atom stereocenters. The highest BCUT2D eigenvalue weighted by atomic mass is 16.5. The molecule has 2 aromatic heterocycles. The van der Waals surface area contributed by atoms with E-state index in [0.29, 0.717) is 6.61 Å². The molecule has 27 heavy (non-hydrogen) atoms. The topological polar surface area (TPSA) is 52.4 Å². The van der Waals surface area contributed by atoms with Gasteiger partial charge in [-0.15, -0.1) is 5.10 Å². The molecule has 0 spiro atoms. The number of ether oxygens (including phenoxy) is 2. The average molecular weight is 366 g/mol. The van der Waals surface area contributed by atoms with Crippen LogP contribution in [0.4, 0.5) is 5.82 Å². The lowest BCUT2D eigenvalue weighted by atomic mass is 10.1. The summed E-state index contributed by atoms with van der Waals surface area (Å²) < 4.78 is 13.4. The maximum absolute atomic E-state index is 5.59. The summed E-state index contributed by atoms with van der Waals surface area (Å²) in [6, 6.07) is 8.26. The third kappa shape index (κ3) is 3.04. The minimum Gasteiger partial charge on any atom is -0.494 e. The van der Waals surface area contributed by atoms with Crippen molar-refractivity contribution in [2.45, 2.75) is 27.7 Å². The molecule has 0 unspecified atom stereocenters. The van der Waals surface area contributed by atoms with Crippen molar-refractivity contribution >= 4 is 16.6 Å². The summed E-state index contributed by atoms with van der Waals surface area (Å²) in [4.78, 5) is 2.28. The maximum atomic E-state index is 5.59. The SMILES string of the molecule is CCOc1ccc(-n2c(C)c3c(C)nnc(N4CCOCC4)c3c2C)cc1. The highest BCUT2D eigenvalue weighted by Gasteiger charge is 2.23. The van der Waals surface area contributed by atoms with Gasteiger partial charge in [0.25, 0.3) is 0 Å². The Morgan fingerprint density at radius 1 is 0.963 bits per heavy atom. The van der Waals surface area contributed by atoms with Gasteiger partial charge in [-0.25, -0.2) is 0 Å². The number of hydrogen-bond acceptors (Lipinski definition) is 5. The van der Waals surface area contributed by atoms with Crippen LogP contribution in [-0.4, -0.2) is 47.7 Å². The second-order valence-corrected chi connectivity index (χ2v) is 6.89. The molecule has 6 heteroatoms. The summed E-state index contributed by atoms with van der Waals surface area (Å²) in [6.45, 7) is 12.2. The average Bonchev–Trinajstić information content (AvgIpc) is 2.96. The van der Waals surface area contributed by atoms with E-state index >= 15 is 0 Å². The maximum Gasteiger partial charge on any atom is 0.161 e. The van der Waals surface area contributed by atoms with E-state index in [1.807, 2.05) is 26.0 Å². The molecule has 1 aliphatic heterocycles. The smallest absolute Gasteiger partial charge is 0.161 e. The third-order valence-corrected chi connectivity index (χ3v) is 5.24. The van der Waals surface area contributed by atoms with Crippen LogP contribution in [0.2, 0.25) is 0 Å². The van der Waals surface area contributed by atoms with Crippen molar-refractivity contribution in [2.24, 2.45) is 0 Å². The predicted octanol–water partition coefficient (Wildman–Crippen LogP) is 3.58. The lowest BCUT2D eigenvalue weighted by molar-refractivity contribution is 0.122. The van der Waals surface area contributed by atoms with Gasteiger partial charge < -0.3 is 18.9 Å². The second-order valence-electron chi connectivity index (χ2n) is 6.89. The first-order valence-corrected chi connectivity index (χ1v) is 9.52. The van der Waals surface area contributed by atoms with Gasteiger partial charge in [0.15, 0.2) is 5.82 Å². The Hall–Kier alpha value is -2.60. The molecule has 4 rings (SSSR count). The first-order chi connectivity index (χ1) is 13.1. The Morgan fingerprint density at radius 3 is 2.30 bits per heavy atom. The minimum absolute atomic E-state index is 0.671. The summed E-state index contributed by atoms with van der Waals surface area (Å²) in [5.74, 6) is 1.85. The first kappa shape index (κ1) is 17.8. The van der Waals surface area contributed by atoms with Gasteiger partial charge in [-0.2, -0.15) is 5.10 Å². The Labute approximate surface area is 159 Å². The van der Waals surface area contributed by atoms with Crippen molar-refractivity contribution in [2.75, 3.05) is 37.8 Å². The van der Waals surface area contributed by atoms with E-state index in [2.05, 4.69) is 45.6 Å². The Balaban J connectivity index is 1.88. The molecule has 0 bridgehead atoms. The van der Waals surface area contributed by atoms with Crippen LogP contribution >= 0.6 is 0 Å². The molecule has 1 aliphatic rings. The van der Waals surface area contributed by atoms with Gasteiger partial charge in [0.2, 0.25) is 0 Å². The Bertz CT molecular complexity index is 957. The normalized spacial score (nSPS) is 14.7. The van der Waals surface area contributed by atoms with Crippen LogP contribution in [0, 0.1) is 20.8 Å². The van der Waals surface area contributed by atoms with Crippen molar-refractivity contribution < 1.29 is 9.47 Å². The largest absolute Gasteiger partial charge is 0.494 e. The summed E-state index contributed by atoms with van der Waals surface area (Å²) in [5, 5.41) is 11.4. The predicted molar refractivity (Wildman–Crippen MR) is 107 cm³/mol. The Kier molecular flexibility index (Phi) is 4.74. The first-order valence-electron chi connectivity index (χ1n) is 9.52. The Morgan fingerprint density at radius 2 is 1.63 bits per heavy atom. The van der Waals surface area contributed by atoms with Crippen LogP contribution in [0.3, 0.4) is 0 Å². The zero-order valence-corrected chi connectivity index (χ0v) is 16.5. The standard InChI is InChI=1S/C21H26N4O2/c1-5-27-18-8-6-17(7-9-18)25-15(3)19-14(2)22-23-21(20(19)16(25)4)24-10-12-26-13-11-24/h6-9H,5,10-13H2,1-4H3. The van der Waals surface area contributed by atoms with Gasteiger partial charge in [-0.05, 0) is 52.0 Å². The molecular weight excluding hydrogens is 340 g/mol. The van der Waals surface area contributed by atoms with Gasteiger partial charge >= 0.3 is 0 Å². The van der Waals surface area contributed by atoms with Crippen molar-refractivity contribution in [3.63, 3.8) is 0 Å². The van der Waals surface area contributed by atoms with Crippen molar-refractivity contribution in [1.29, 1.82) is 0 Å². The zero-order valence-electron chi connectivity index (χ0n) is 16.5. The van der Waals surface area contributed by atoms with E-state index < -0.39 is 0 Å². The van der Waals surface area contributed by atoms with E-state index in [1.54, 1.807) is 0 Å². The van der Waals surface area contributed by atoms with Gasteiger partial charge in [0.05, 0.1) is 25.5 Å². The highest BCUT2D eigenvalue weighted by molar-refractivity contribution is 5.98. The summed E-state index contributed by atoms with van der Waals surface area (Å²) in [7, 11) is 0. The quantitative estimate of drug-likeness (QED) is 0.706. The third-order valence-electron chi connectivity index (χ3n) is 5.24. The van der Waals surface area contributed by atoms with Gasteiger partial charge in [0, 0.05) is 40.9 Å². The van der Waals surface area contributed by atoms with Crippen LogP contribution in [0.5, 0.6) is 5.75 Å². The number of aryl methyl sites for hydroxylation is 3. The fraction of sp³-hybridized carbons (Fsp3) is 0.429.